The minimum absolute atomic E-state index is 0.147. The van der Waals surface area contributed by atoms with Gasteiger partial charge in [-0.3, -0.25) is 0 Å². The minimum atomic E-state index is 0.147. The fraction of sp³-hybridized carbons (Fsp3) is 0.333. The second kappa shape index (κ2) is 7.10. The third kappa shape index (κ3) is 4.08. The molecule has 0 saturated heterocycles. The summed E-state index contributed by atoms with van der Waals surface area (Å²) in [6.07, 6.45) is 0.872. The SMILES string of the molecule is CCN(c1cccc(C)c1)c1ccc(Br)cc1CC(C)N. The molecule has 1 unspecified atom stereocenters. The average Bonchev–Trinajstić information content (AvgIpc) is 2.41. The Bertz CT molecular complexity index is 608. The molecule has 0 fully saturated rings. The van der Waals surface area contributed by atoms with E-state index < -0.39 is 0 Å². The number of aryl methyl sites for hydroxylation is 1. The van der Waals surface area contributed by atoms with E-state index in [9.17, 15) is 0 Å². The van der Waals surface area contributed by atoms with E-state index in [1.165, 1.54) is 22.5 Å². The van der Waals surface area contributed by atoms with Crippen molar-refractivity contribution in [3.63, 3.8) is 0 Å². The van der Waals surface area contributed by atoms with E-state index in [0.29, 0.717) is 0 Å². The number of rotatable bonds is 5. The second-order valence-corrected chi connectivity index (χ2v) is 6.45. The fourth-order valence-corrected chi connectivity index (χ4v) is 3.02. The largest absolute Gasteiger partial charge is 0.342 e. The molecule has 2 nitrogen and oxygen atoms in total. The minimum Gasteiger partial charge on any atom is -0.342 e. The van der Waals surface area contributed by atoms with Crippen molar-refractivity contribution in [3.05, 3.63) is 58.1 Å². The van der Waals surface area contributed by atoms with Gasteiger partial charge in [-0.2, -0.15) is 0 Å². The van der Waals surface area contributed by atoms with E-state index in [2.05, 4.69) is 77.1 Å². The van der Waals surface area contributed by atoms with E-state index in [4.69, 9.17) is 5.73 Å². The Morgan fingerprint density at radius 3 is 2.57 bits per heavy atom. The molecule has 2 rings (SSSR count). The van der Waals surface area contributed by atoms with E-state index in [-0.39, 0.29) is 6.04 Å². The molecule has 21 heavy (non-hydrogen) atoms. The van der Waals surface area contributed by atoms with Crippen molar-refractivity contribution in [1.82, 2.24) is 0 Å². The molecular formula is C18H23BrN2. The van der Waals surface area contributed by atoms with Crippen LogP contribution in [0.4, 0.5) is 11.4 Å². The molecule has 0 heterocycles. The zero-order valence-electron chi connectivity index (χ0n) is 12.9. The van der Waals surface area contributed by atoms with Crippen LogP contribution in [-0.2, 0) is 6.42 Å². The molecule has 0 aliphatic rings. The van der Waals surface area contributed by atoms with Crippen LogP contribution in [0.15, 0.2) is 46.9 Å². The zero-order valence-corrected chi connectivity index (χ0v) is 14.5. The number of hydrogen-bond acceptors (Lipinski definition) is 2. The highest BCUT2D eigenvalue weighted by Gasteiger charge is 2.13. The first-order valence-electron chi connectivity index (χ1n) is 7.39. The molecule has 3 heteroatoms. The van der Waals surface area contributed by atoms with Gasteiger partial charge >= 0.3 is 0 Å². The highest BCUT2D eigenvalue weighted by molar-refractivity contribution is 9.10. The standard InChI is InChI=1S/C18H23BrN2/c1-4-21(17-7-5-6-13(2)10-17)18-9-8-16(19)12-15(18)11-14(3)20/h5-10,12,14H,4,11,20H2,1-3H3. The molecule has 0 bridgehead atoms. The highest BCUT2D eigenvalue weighted by Crippen LogP contribution is 2.31. The van der Waals surface area contributed by atoms with Crippen molar-refractivity contribution >= 4 is 27.3 Å². The molecule has 0 aromatic heterocycles. The average molecular weight is 347 g/mol. The first kappa shape index (κ1) is 16.1. The maximum absolute atomic E-state index is 6.01. The molecule has 0 spiro atoms. The summed E-state index contributed by atoms with van der Waals surface area (Å²) < 4.78 is 1.10. The van der Waals surface area contributed by atoms with E-state index >= 15 is 0 Å². The lowest BCUT2D eigenvalue weighted by Crippen LogP contribution is -2.22. The lowest BCUT2D eigenvalue weighted by atomic mass is 10.0. The zero-order chi connectivity index (χ0) is 15.4. The molecule has 2 aromatic carbocycles. The third-order valence-electron chi connectivity index (χ3n) is 3.50. The normalized spacial score (nSPS) is 12.2. The van der Waals surface area contributed by atoms with Crippen LogP contribution < -0.4 is 10.6 Å². The quantitative estimate of drug-likeness (QED) is 0.841. The molecule has 2 aromatic rings. The number of anilines is 2. The van der Waals surface area contributed by atoms with Gasteiger partial charge in [0.05, 0.1) is 0 Å². The first-order chi connectivity index (χ1) is 10.0. The summed E-state index contributed by atoms with van der Waals surface area (Å²) in [5.41, 5.74) is 11.0. The van der Waals surface area contributed by atoms with Crippen LogP contribution in [0.2, 0.25) is 0 Å². The highest BCUT2D eigenvalue weighted by atomic mass is 79.9. The second-order valence-electron chi connectivity index (χ2n) is 5.54. The Balaban J connectivity index is 2.46. The summed E-state index contributed by atoms with van der Waals surface area (Å²) in [4.78, 5) is 2.34. The van der Waals surface area contributed by atoms with E-state index in [1.807, 2.05) is 6.92 Å². The smallest absolute Gasteiger partial charge is 0.0444 e. The summed E-state index contributed by atoms with van der Waals surface area (Å²) in [7, 11) is 0. The van der Waals surface area contributed by atoms with Gasteiger partial charge in [-0.15, -0.1) is 0 Å². The van der Waals surface area contributed by atoms with Crippen LogP contribution in [0, 0.1) is 6.92 Å². The van der Waals surface area contributed by atoms with Gasteiger partial charge < -0.3 is 10.6 Å². The summed E-state index contributed by atoms with van der Waals surface area (Å²) >= 11 is 3.57. The molecule has 0 aliphatic heterocycles. The van der Waals surface area contributed by atoms with Gasteiger partial charge in [0.1, 0.15) is 0 Å². The van der Waals surface area contributed by atoms with Crippen molar-refractivity contribution < 1.29 is 0 Å². The lowest BCUT2D eigenvalue weighted by molar-refractivity contribution is 0.736. The maximum Gasteiger partial charge on any atom is 0.0444 e. The lowest BCUT2D eigenvalue weighted by Gasteiger charge is -2.27. The Morgan fingerprint density at radius 1 is 1.19 bits per heavy atom. The predicted molar refractivity (Wildman–Crippen MR) is 95.4 cm³/mol. The van der Waals surface area contributed by atoms with Gasteiger partial charge in [-0.25, -0.2) is 0 Å². The van der Waals surface area contributed by atoms with Crippen molar-refractivity contribution in [1.29, 1.82) is 0 Å². The molecule has 0 radical (unpaired) electrons. The first-order valence-corrected chi connectivity index (χ1v) is 8.18. The van der Waals surface area contributed by atoms with Crippen LogP contribution in [0.1, 0.15) is 25.0 Å². The maximum atomic E-state index is 6.01. The fourth-order valence-electron chi connectivity index (χ4n) is 2.62. The Hall–Kier alpha value is -1.32. The Labute approximate surface area is 136 Å². The van der Waals surface area contributed by atoms with E-state index in [1.54, 1.807) is 0 Å². The molecule has 0 aliphatic carbocycles. The van der Waals surface area contributed by atoms with Gasteiger partial charge in [-0.05, 0) is 68.7 Å². The molecule has 1 atom stereocenters. The van der Waals surface area contributed by atoms with Crippen molar-refractivity contribution in [2.45, 2.75) is 33.2 Å². The van der Waals surface area contributed by atoms with Gasteiger partial charge in [0.2, 0.25) is 0 Å². The van der Waals surface area contributed by atoms with Crippen LogP contribution in [0.3, 0.4) is 0 Å². The molecule has 2 N–H and O–H groups in total. The number of nitrogens with two attached hydrogens (primary N) is 1. The molecule has 0 amide bonds. The summed E-state index contributed by atoms with van der Waals surface area (Å²) in [5.74, 6) is 0. The molecular weight excluding hydrogens is 324 g/mol. The van der Waals surface area contributed by atoms with Gasteiger partial charge in [0, 0.05) is 28.4 Å². The van der Waals surface area contributed by atoms with Crippen molar-refractivity contribution in [2.24, 2.45) is 5.73 Å². The summed E-state index contributed by atoms with van der Waals surface area (Å²) in [6, 6.07) is 15.2. The van der Waals surface area contributed by atoms with Crippen LogP contribution in [0.5, 0.6) is 0 Å². The van der Waals surface area contributed by atoms with Crippen LogP contribution in [-0.4, -0.2) is 12.6 Å². The van der Waals surface area contributed by atoms with Gasteiger partial charge in [-0.1, -0.05) is 28.1 Å². The summed E-state index contributed by atoms with van der Waals surface area (Å²) in [6.45, 7) is 7.28. The monoisotopic (exact) mass is 346 g/mol. The van der Waals surface area contributed by atoms with Gasteiger partial charge in [0.25, 0.3) is 0 Å². The number of benzene rings is 2. The molecule has 0 saturated carbocycles. The van der Waals surface area contributed by atoms with Crippen molar-refractivity contribution in [2.75, 3.05) is 11.4 Å². The number of nitrogens with zero attached hydrogens (tertiary/aromatic N) is 1. The van der Waals surface area contributed by atoms with Crippen LogP contribution in [0.25, 0.3) is 0 Å². The summed E-state index contributed by atoms with van der Waals surface area (Å²) in [5, 5.41) is 0. The number of halogens is 1. The topological polar surface area (TPSA) is 29.3 Å². The van der Waals surface area contributed by atoms with Gasteiger partial charge in [0.15, 0.2) is 0 Å². The Morgan fingerprint density at radius 2 is 1.95 bits per heavy atom. The van der Waals surface area contributed by atoms with Crippen molar-refractivity contribution in [3.8, 4) is 0 Å². The van der Waals surface area contributed by atoms with Crippen LogP contribution >= 0.6 is 15.9 Å². The number of hydrogen-bond donors (Lipinski definition) is 1. The molecule has 112 valence electrons. The third-order valence-corrected chi connectivity index (χ3v) is 4.00. The Kier molecular flexibility index (Phi) is 5.43. The predicted octanol–water partition coefficient (Wildman–Crippen LogP) is 4.81. The van der Waals surface area contributed by atoms with E-state index in [0.717, 1.165) is 17.4 Å².